The summed E-state index contributed by atoms with van der Waals surface area (Å²) in [4.78, 5) is 12.2. The zero-order chi connectivity index (χ0) is 17.3. The summed E-state index contributed by atoms with van der Waals surface area (Å²) in [6.45, 7) is 1.66. The lowest BCUT2D eigenvalue weighted by Gasteiger charge is -2.25. The number of hydrogen-bond donors (Lipinski definition) is 2. The van der Waals surface area contributed by atoms with E-state index < -0.39 is 0 Å². The first-order valence-electron chi connectivity index (χ1n) is 9.67. The van der Waals surface area contributed by atoms with Crippen LogP contribution in [-0.4, -0.2) is 37.8 Å². The second-order valence-corrected chi connectivity index (χ2v) is 7.07. The van der Waals surface area contributed by atoms with Crippen molar-refractivity contribution >= 4 is 11.6 Å². The first-order chi connectivity index (χ1) is 12.3. The van der Waals surface area contributed by atoms with Gasteiger partial charge in [-0.25, -0.2) is 0 Å². The van der Waals surface area contributed by atoms with E-state index in [1.54, 1.807) is 0 Å². The molecule has 3 rings (SSSR count). The number of para-hydroxylation sites is 2. The highest BCUT2D eigenvalue weighted by Gasteiger charge is 2.17. The number of nitrogens with one attached hydrogen (secondary N) is 2. The maximum atomic E-state index is 12.2. The van der Waals surface area contributed by atoms with Gasteiger partial charge in [0.1, 0.15) is 5.75 Å². The maximum Gasteiger partial charge on any atom is 0.258 e. The van der Waals surface area contributed by atoms with Crippen LogP contribution < -0.4 is 15.4 Å². The van der Waals surface area contributed by atoms with Gasteiger partial charge in [0, 0.05) is 25.3 Å². The molecule has 1 saturated carbocycles. The van der Waals surface area contributed by atoms with Crippen molar-refractivity contribution in [1.82, 2.24) is 5.32 Å². The molecule has 138 valence electrons. The quantitative estimate of drug-likeness (QED) is 0.774. The Morgan fingerprint density at radius 2 is 1.72 bits per heavy atom. The van der Waals surface area contributed by atoms with E-state index in [1.807, 2.05) is 24.3 Å². The molecule has 1 aromatic rings. The van der Waals surface area contributed by atoms with Crippen LogP contribution in [0.5, 0.6) is 5.75 Å². The van der Waals surface area contributed by atoms with E-state index in [4.69, 9.17) is 9.47 Å². The van der Waals surface area contributed by atoms with Crippen molar-refractivity contribution in [2.24, 2.45) is 0 Å². The van der Waals surface area contributed by atoms with Gasteiger partial charge in [-0.3, -0.25) is 4.79 Å². The largest absolute Gasteiger partial charge is 0.482 e. The smallest absolute Gasteiger partial charge is 0.258 e. The lowest BCUT2D eigenvalue weighted by Crippen LogP contribution is -2.37. The van der Waals surface area contributed by atoms with Gasteiger partial charge < -0.3 is 20.1 Å². The SMILES string of the molecule is O=C(COc1ccccc1NC1CCOCC1)NC1CCCCCC1. The zero-order valence-electron chi connectivity index (χ0n) is 15.0. The fourth-order valence-electron chi connectivity index (χ4n) is 3.61. The van der Waals surface area contributed by atoms with Gasteiger partial charge in [-0.05, 0) is 37.8 Å². The van der Waals surface area contributed by atoms with E-state index in [0.717, 1.165) is 50.3 Å². The van der Waals surface area contributed by atoms with Crippen LogP contribution >= 0.6 is 0 Å². The summed E-state index contributed by atoms with van der Waals surface area (Å²) in [5.41, 5.74) is 0.955. The van der Waals surface area contributed by atoms with E-state index in [2.05, 4.69) is 10.6 Å². The third kappa shape index (κ3) is 5.92. The number of ether oxygens (including phenoxy) is 2. The van der Waals surface area contributed by atoms with Crippen molar-refractivity contribution in [3.8, 4) is 5.75 Å². The third-order valence-corrected chi connectivity index (χ3v) is 5.05. The molecule has 1 aliphatic carbocycles. The van der Waals surface area contributed by atoms with Crippen molar-refractivity contribution in [1.29, 1.82) is 0 Å². The zero-order valence-corrected chi connectivity index (χ0v) is 15.0. The number of amides is 1. The lowest BCUT2D eigenvalue weighted by molar-refractivity contribution is -0.123. The number of carbonyl (C=O) groups is 1. The third-order valence-electron chi connectivity index (χ3n) is 5.05. The molecular formula is C20H30N2O3. The van der Waals surface area contributed by atoms with E-state index in [0.29, 0.717) is 12.1 Å². The summed E-state index contributed by atoms with van der Waals surface area (Å²) < 4.78 is 11.2. The van der Waals surface area contributed by atoms with Crippen molar-refractivity contribution in [3.63, 3.8) is 0 Å². The molecule has 1 aliphatic heterocycles. The molecule has 25 heavy (non-hydrogen) atoms. The molecule has 1 heterocycles. The van der Waals surface area contributed by atoms with Gasteiger partial charge in [0.15, 0.2) is 6.61 Å². The van der Waals surface area contributed by atoms with Gasteiger partial charge >= 0.3 is 0 Å². The van der Waals surface area contributed by atoms with Crippen LogP contribution in [0.4, 0.5) is 5.69 Å². The summed E-state index contributed by atoms with van der Waals surface area (Å²) in [5, 5.41) is 6.66. The Kier molecular flexibility index (Phi) is 6.98. The Hall–Kier alpha value is -1.75. The topological polar surface area (TPSA) is 59.6 Å². The maximum absolute atomic E-state index is 12.2. The molecule has 0 atom stereocenters. The molecule has 2 fully saturated rings. The summed E-state index contributed by atoms with van der Waals surface area (Å²) in [6.07, 6.45) is 9.17. The number of rotatable bonds is 6. The van der Waals surface area contributed by atoms with Crippen molar-refractivity contribution in [3.05, 3.63) is 24.3 Å². The minimum absolute atomic E-state index is 0.0206. The van der Waals surface area contributed by atoms with E-state index in [-0.39, 0.29) is 12.5 Å². The van der Waals surface area contributed by atoms with Crippen LogP contribution in [0, 0.1) is 0 Å². The van der Waals surface area contributed by atoms with Crippen LogP contribution in [0.25, 0.3) is 0 Å². The summed E-state index contributed by atoms with van der Waals surface area (Å²) in [6, 6.07) is 8.56. The van der Waals surface area contributed by atoms with Gasteiger partial charge in [0.2, 0.25) is 0 Å². The molecule has 5 heteroatoms. The molecule has 2 aliphatic rings. The molecule has 1 amide bonds. The highest BCUT2D eigenvalue weighted by molar-refractivity contribution is 5.78. The standard InChI is InChI=1S/C20H30N2O3/c23-20(22-16-7-3-1-2-4-8-16)15-25-19-10-6-5-9-18(19)21-17-11-13-24-14-12-17/h5-6,9-10,16-17,21H,1-4,7-8,11-15H2,(H,22,23). The summed E-state index contributed by atoms with van der Waals surface area (Å²) in [7, 11) is 0. The highest BCUT2D eigenvalue weighted by atomic mass is 16.5. The van der Waals surface area contributed by atoms with Crippen LogP contribution in [0.15, 0.2) is 24.3 Å². The van der Waals surface area contributed by atoms with E-state index >= 15 is 0 Å². The molecular weight excluding hydrogens is 316 g/mol. The van der Waals surface area contributed by atoms with Gasteiger partial charge in [-0.2, -0.15) is 0 Å². The number of anilines is 1. The average Bonchev–Trinajstić information content (AvgIpc) is 2.90. The Morgan fingerprint density at radius 3 is 2.48 bits per heavy atom. The predicted molar refractivity (Wildman–Crippen MR) is 99.0 cm³/mol. The second-order valence-electron chi connectivity index (χ2n) is 7.07. The minimum atomic E-state index is -0.0206. The van der Waals surface area contributed by atoms with Crippen molar-refractivity contribution < 1.29 is 14.3 Å². The first kappa shape index (κ1) is 18.1. The second kappa shape index (κ2) is 9.66. The fraction of sp³-hybridized carbons (Fsp3) is 0.650. The summed E-state index contributed by atoms with van der Waals surface area (Å²) >= 11 is 0. The molecule has 0 aromatic heterocycles. The Labute approximate surface area is 150 Å². The first-order valence-corrected chi connectivity index (χ1v) is 9.67. The number of benzene rings is 1. The van der Waals surface area contributed by atoms with Crippen molar-refractivity contribution in [2.75, 3.05) is 25.1 Å². The van der Waals surface area contributed by atoms with Crippen LogP contribution in [0.2, 0.25) is 0 Å². The van der Waals surface area contributed by atoms with Gasteiger partial charge in [0.05, 0.1) is 5.69 Å². The van der Waals surface area contributed by atoms with Gasteiger partial charge in [-0.1, -0.05) is 37.8 Å². The van der Waals surface area contributed by atoms with Gasteiger partial charge in [0.25, 0.3) is 5.91 Å². The molecule has 0 spiro atoms. The molecule has 0 bridgehead atoms. The lowest BCUT2D eigenvalue weighted by atomic mass is 10.1. The summed E-state index contributed by atoms with van der Waals surface area (Å²) in [5.74, 6) is 0.720. The molecule has 0 unspecified atom stereocenters. The fourth-order valence-corrected chi connectivity index (χ4v) is 3.61. The van der Waals surface area contributed by atoms with Crippen LogP contribution in [-0.2, 0) is 9.53 Å². The van der Waals surface area contributed by atoms with E-state index in [1.165, 1.54) is 25.7 Å². The van der Waals surface area contributed by atoms with Gasteiger partial charge in [-0.15, -0.1) is 0 Å². The predicted octanol–water partition coefficient (Wildman–Crippen LogP) is 3.50. The van der Waals surface area contributed by atoms with E-state index in [9.17, 15) is 4.79 Å². The average molecular weight is 346 g/mol. The molecule has 1 saturated heterocycles. The normalized spacial score (nSPS) is 19.8. The molecule has 5 nitrogen and oxygen atoms in total. The molecule has 0 radical (unpaired) electrons. The van der Waals surface area contributed by atoms with Crippen LogP contribution in [0.3, 0.4) is 0 Å². The number of carbonyl (C=O) groups excluding carboxylic acids is 1. The Morgan fingerprint density at radius 1 is 1.00 bits per heavy atom. The Balaban J connectivity index is 1.49. The highest BCUT2D eigenvalue weighted by Crippen LogP contribution is 2.26. The Bertz CT molecular complexity index is 535. The minimum Gasteiger partial charge on any atom is -0.482 e. The monoisotopic (exact) mass is 346 g/mol. The molecule has 1 aromatic carbocycles. The van der Waals surface area contributed by atoms with Crippen LogP contribution in [0.1, 0.15) is 51.4 Å². The number of hydrogen-bond acceptors (Lipinski definition) is 4. The molecule has 2 N–H and O–H groups in total. The van der Waals surface area contributed by atoms with Crippen molar-refractivity contribution in [2.45, 2.75) is 63.5 Å².